The van der Waals surface area contributed by atoms with Crippen molar-refractivity contribution in [3.63, 3.8) is 0 Å². The monoisotopic (exact) mass is 530 g/mol. The summed E-state index contributed by atoms with van der Waals surface area (Å²) in [7, 11) is 0. The van der Waals surface area contributed by atoms with Gasteiger partial charge in [-0.3, -0.25) is 0 Å². The Kier molecular flexibility index (Phi) is 12.3. The van der Waals surface area contributed by atoms with Gasteiger partial charge in [0.2, 0.25) is 0 Å². The standard InChI is InChI=1S/C16H15O2.3C4H9.Sn/c17-16(15-11-5-2-6-12-15)18-13-7-10-14-8-3-1-4-9-14;3*1-3-4-2;/h1-6,8-9,11-13H,7,10H2;3*1,3-4H2,2H3;. The number of rotatable bonds is 15. The van der Waals surface area contributed by atoms with Gasteiger partial charge in [-0.15, -0.1) is 0 Å². The van der Waals surface area contributed by atoms with E-state index in [1.807, 2.05) is 30.3 Å². The topological polar surface area (TPSA) is 26.3 Å². The summed E-state index contributed by atoms with van der Waals surface area (Å²) in [5.41, 5.74) is 2.04. The number of hydrogen-bond donors (Lipinski definition) is 0. The van der Waals surface area contributed by atoms with E-state index in [4.69, 9.17) is 4.74 Å². The van der Waals surface area contributed by atoms with Gasteiger partial charge in [-0.1, -0.05) is 0 Å². The second kappa shape index (κ2) is 14.7. The summed E-state index contributed by atoms with van der Waals surface area (Å²) in [6.07, 6.45) is 9.53. The number of ether oxygens (including phenoxy) is 1. The zero-order valence-electron chi connectivity index (χ0n) is 19.9. The van der Waals surface area contributed by atoms with E-state index in [1.165, 1.54) is 57.4 Å². The van der Waals surface area contributed by atoms with E-state index in [-0.39, 0.29) is 10.1 Å². The average Bonchev–Trinajstić information content (AvgIpc) is 2.82. The van der Waals surface area contributed by atoms with Crippen molar-refractivity contribution in [1.82, 2.24) is 0 Å². The van der Waals surface area contributed by atoms with E-state index in [0.717, 1.165) is 12.8 Å². The van der Waals surface area contributed by atoms with E-state index in [1.54, 1.807) is 0 Å². The summed E-state index contributed by atoms with van der Waals surface area (Å²) >= 11 is -2.73. The van der Waals surface area contributed by atoms with E-state index < -0.39 is 18.4 Å². The van der Waals surface area contributed by atoms with Crippen LogP contribution < -0.4 is 0 Å². The van der Waals surface area contributed by atoms with E-state index in [9.17, 15) is 4.79 Å². The van der Waals surface area contributed by atoms with Crippen molar-refractivity contribution in [2.75, 3.05) is 0 Å². The van der Waals surface area contributed by atoms with Crippen molar-refractivity contribution >= 4 is 24.3 Å². The third-order valence-corrected chi connectivity index (χ3v) is 23.2. The van der Waals surface area contributed by atoms with Gasteiger partial charge in [0.1, 0.15) is 0 Å². The molecule has 2 rings (SSSR count). The summed E-state index contributed by atoms with van der Waals surface area (Å²) < 4.78 is 10.7. The minimum absolute atomic E-state index is 0.121. The molecule has 0 bridgehead atoms. The normalized spacial score (nSPS) is 12.5. The van der Waals surface area contributed by atoms with E-state index in [2.05, 4.69) is 51.1 Å². The number of unbranched alkanes of at least 4 members (excludes halogenated alkanes) is 3. The molecular formula is C28H42O2Sn. The summed E-state index contributed by atoms with van der Waals surface area (Å²) in [4.78, 5) is 13.1. The van der Waals surface area contributed by atoms with Crippen LogP contribution >= 0.6 is 0 Å². The number of aryl methyl sites for hydroxylation is 1. The SMILES string of the molecule is CCC[CH2][Sn]([CH2]CCC)([CH2]CCC)[C@@H](CCc1ccccc1)OC(=O)c1ccccc1. The molecule has 0 saturated carbocycles. The van der Waals surface area contributed by atoms with E-state index >= 15 is 0 Å². The van der Waals surface area contributed by atoms with Gasteiger partial charge in [-0.2, -0.15) is 0 Å². The van der Waals surface area contributed by atoms with Crippen LogP contribution in [-0.2, 0) is 11.2 Å². The molecule has 170 valence electrons. The first-order valence-electron chi connectivity index (χ1n) is 12.4. The van der Waals surface area contributed by atoms with Crippen LogP contribution in [0.15, 0.2) is 60.7 Å². The predicted octanol–water partition coefficient (Wildman–Crippen LogP) is 8.23. The van der Waals surface area contributed by atoms with Crippen LogP contribution in [0, 0.1) is 0 Å². The fourth-order valence-corrected chi connectivity index (χ4v) is 21.8. The third-order valence-electron chi connectivity index (χ3n) is 6.56. The summed E-state index contributed by atoms with van der Waals surface area (Å²) in [5.74, 6) is -0.121. The molecule has 3 heteroatoms. The van der Waals surface area contributed by atoms with Crippen LogP contribution in [0.2, 0.25) is 13.3 Å². The second-order valence-electron chi connectivity index (χ2n) is 8.96. The third kappa shape index (κ3) is 8.63. The molecule has 2 aromatic carbocycles. The Labute approximate surface area is 194 Å². The summed E-state index contributed by atoms with van der Waals surface area (Å²) in [6.45, 7) is 6.89. The van der Waals surface area contributed by atoms with Crippen molar-refractivity contribution < 1.29 is 9.53 Å². The van der Waals surface area contributed by atoms with Gasteiger partial charge in [-0.05, 0) is 0 Å². The van der Waals surface area contributed by atoms with Crippen LogP contribution in [0.1, 0.15) is 81.6 Å². The van der Waals surface area contributed by atoms with E-state index in [0.29, 0.717) is 5.56 Å². The molecular weight excluding hydrogens is 487 g/mol. The molecule has 0 aliphatic rings. The molecule has 0 saturated heterocycles. The van der Waals surface area contributed by atoms with Crippen LogP contribution in [-0.4, -0.2) is 28.5 Å². The molecule has 0 aliphatic heterocycles. The van der Waals surface area contributed by atoms with Gasteiger partial charge >= 0.3 is 195 Å². The fourth-order valence-electron chi connectivity index (χ4n) is 4.65. The van der Waals surface area contributed by atoms with Crippen molar-refractivity contribution in [2.45, 2.75) is 89.6 Å². The molecule has 0 heterocycles. The van der Waals surface area contributed by atoms with Crippen LogP contribution in [0.4, 0.5) is 0 Å². The molecule has 2 nitrogen and oxygen atoms in total. The van der Waals surface area contributed by atoms with Gasteiger partial charge in [0.05, 0.1) is 0 Å². The van der Waals surface area contributed by atoms with Gasteiger partial charge in [-0.25, -0.2) is 0 Å². The molecule has 1 atom stereocenters. The first-order chi connectivity index (χ1) is 15.1. The Morgan fingerprint density at radius 3 is 1.74 bits per heavy atom. The van der Waals surface area contributed by atoms with Crippen LogP contribution in [0.5, 0.6) is 0 Å². The summed E-state index contributed by atoms with van der Waals surface area (Å²) in [5, 5.41) is 0. The maximum atomic E-state index is 13.1. The molecule has 2 aromatic rings. The number of esters is 1. The fraction of sp³-hybridized carbons (Fsp3) is 0.536. The quantitative estimate of drug-likeness (QED) is 0.172. The van der Waals surface area contributed by atoms with Crippen molar-refractivity contribution in [3.05, 3.63) is 71.8 Å². The number of hydrogen-bond acceptors (Lipinski definition) is 2. The van der Waals surface area contributed by atoms with Crippen LogP contribution in [0.3, 0.4) is 0 Å². The molecule has 0 aromatic heterocycles. The zero-order chi connectivity index (χ0) is 22.4. The Morgan fingerprint density at radius 1 is 0.774 bits per heavy atom. The number of benzene rings is 2. The zero-order valence-corrected chi connectivity index (χ0v) is 22.8. The first-order valence-corrected chi connectivity index (χ1v) is 20.2. The summed E-state index contributed by atoms with van der Waals surface area (Å²) in [6, 6.07) is 20.3. The Balaban J connectivity index is 2.32. The molecule has 0 aliphatic carbocycles. The van der Waals surface area contributed by atoms with Crippen molar-refractivity contribution in [2.24, 2.45) is 0 Å². The number of carbonyl (C=O) groups excluding carboxylic acids is 1. The predicted molar refractivity (Wildman–Crippen MR) is 135 cm³/mol. The Hall–Kier alpha value is -1.29. The molecule has 0 radical (unpaired) electrons. The minimum atomic E-state index is -2.73. The molecule has 0 unspecified atom stereocenters. The first kappa shape index (κ1) is 26.0. The van der Waals surface area contributed by atoms with Gasteiger partial charge in [0.15, 0.2) is 0 Å². The molecule has 0 spiro atoms. The van der Waals surface area contributed by atoms with Gasteiger partial charge in [0, 0.05) is 0 Å². The second-order valence-corrected chi connectivity index (χ2v) is 22.9. The molecule has 0 amide bonds. The Morgan fingerprint density at radius 2 is 1.26 bits per heavy atom. The maximum absolute atomic E-state index is 13.1. The number of carbonyl (C=O) groups is 1. The molecule has 31 heavy (non-hydrogen) atoms. The van der Waals surface area contributed by atoms with Crippen molar-refractivity contribution in [1.29, 1.82) is 0 Å². The average molecular weight is 529 g/mol. The molecule has 0 fully saturated rings. The van der Waals surface area contributed by atoms with Gasteiger partial charge in [0.25, 0.3) is 0 Å². The molecule has 0 N–H and O–H groups in total. The van der Waals surface area contributed by atoms with Crippen molar-refractivity contribution in [3.8, 4) is 0 Å². The van der Waals surface area contributed by atoms with Gasteiger partial charge < -0.3 is 0 Å². The Bertz CT molecular complexity index is 707. The van der Waals surface area contributed by atoms with Crippen LogP contribution in [0.25, 0.3) is 0 Å².